The Labute approximate surface area is 166 Å². The Morgan fingerprint density at radius 2 is 1.96 bits per heavy atom. The number of nitrogens with zero attached hydrogens (tertiary/aromatic N) is 4. The summed E-state index contributed by atoms with van der Waals surface area (Å²) < 4.78 is 30.9. The maximum absolute atomic E-state index is 13.1. The molecule has 9 heteroatoms. The minimum absolute atomic E-state index is 0.361. The summed E-state index contributed by atoms with van der Waals surface area (Å²) >= 11 is 3.35. The molecular formula is C18H20N4O2S3. The van der Waals surface area contributed by atoms with Gasteiger partial charge in [0.2, 0.25) is 10.0 Å². The van der Waals surface area contributed by atoms with Gasteiger partial charge in [0.25, 0.3) is 0 Å². The van der Waals surface area contributed by atoms with Crippen LogP contribution in [-0.4, -0.2) is 45.6 Å². The van der Waals surface area contributed by atoms with Crippen molar-refractivity contribution >= 4 is 43.3 Å². The summed E-state index contributed by atoms with van der Waals surface area (Å²) in [5.41, 5.74) is 2.51. The molecule has 3 aromatic rings. The molecule has 6 nitrogen and oxygen atoms in total. The van der Waals surface area contributed by atoms with Crippen molar-refractivity contribution in [2.75, 3.05) is 13.1 Å². The van der Waals surface area contributed by atoms with E-state index in [0.717, 1.165) is 28.2 Å². The van der Waals surface area contributed by atoms with Gasteiger partial charge < -0.3 is 4.57 Å². The van der Waals surface area contributed by atoms with Crippen LogP contribution in [0.25, 0.3) is 10.2 Å². The van der Waals surface area contributed by atoms with E-state index < -0.39 is 10.0 Å². The van der Waals surface area contributed by atoms with Gasteiger partial charge in [-0.05, 0) is 42.9 Å². The standard InChI is InChI=1S/C18H20N4O2S3/c1-21-5-4-19-18(21)26-14-6-12-9-22(10-13(12)7-14)27(23,24)15-2-3-17-16(8-15)20-11-25-17/h2-5,8,11-14H,6-7,9-10H2,1H3/t12-,13+,14+. The number of fused-ring (bicyclic) bond motifs is 2. The SMILES string of the molecule is Cn1ccnc1S[C@H]1C[C@@H]2CN(S(=O)(=O)c3ccc4scnc4c3)C[C@@H]2C1. The molecule has 2 fully saturated rings. The number of hydrogen-bond acceptors (Lipinski definition) is 6. The monoisotopic (exact) mass is 420 g/mol. The Morgan fingerprint density at radius 3 is 2.67 bits per heavy atom. The normalized spacial score (nSPS) is 26.0. The fourth-order valence-corrected chi connectivity index (χ4v) is 7.82. The van der Waals surface area contributed by atoms with E-state index in [1.54, 1.807) is 21.9 Å². The Hall–Kier alpha value is -1.42. The van der Waals surface area contributed by atoms with Crippen LogP contribution in [0.3, 0.4) is 0 Å². The molecule has 3 heterocycles. The summed E-state index contributed by atoms with van der Waals surface area (Å²) in [6, 6.07) is 5.27. The van der Waals surface area contributed by atoms with E-state index in [1.165, 1.54) is 11.3 Å². The molecule has 0 N–H and O–H groups in total. The number of aromatic nitrogens is 3. The summed E-state index contributed by atoms with van der Waals surface area (Å²) in [5, 5.41) is 1.57. The fourth-order valence-electron chi connectivity index (χ4n) is 4.26. The van der Waals surface area contributed by atoms with Crippen LogP contribution in [0.15, 0.2) is 46.2 Å². The zero-order valence-electron chi connectivity index (χ0n) is 14.9. The number of thioether (sulfide) groups is 1. The van der Waals surface area contributed by atoms with E-state index in [1.807, 2.05) is 41.8 Å². The predicted molar refractivity (Wildman–Crippen MR) is 107 cm³/mol. The van der Waals surface area contributed by atoms with Gasteiger partial charge >= 0.3 is 0 Å². The number of aryl methyl sites for hydroxylation is 1. The quantitative estimate of drug-likeness (QED) is 0.648. The van der Waals surface area contributed by atoms with Crippen molar-refractivity contribution < 1.29 is 8.42 Å². The molecule has 1 aromatic carbocycles. The highest BCUT2D eigenvalue weighted by atomic mass is 32.2. The molecule has 1 saturated heterocycles. The van der Waals surface area contributed by atoms with Gasteiger partial charge in [-0.15, -0.1) is 11.3 Å². The van der Waals surface area contributed by atoms with Crippen molar-refractivity contribution in [1.29, 1.82) is 0 Å². The van der Waals surface area contributed by atoms with Crippen molar-refractivity contribution in [2.45, 2.75) is 28.1 Å². The molecule has 5 rings (SSSR count). The highest BCUT2D eigenvalue weighted by Crippen LogP contribution is 2.45. The molecule has 1 saturated carbocycles. The lowest BCUT2D eigenvalue weighted by Crippen LogP contribution is -2.30. The summed E-state index contributed by atoms with van der Waals surface area (Å²) in [6.07, 6.45) is 5.90. The largest absolute Gasteiger partial charge is 0.329 e. The minimum Gasteiger partial charge on any atom is -0.329 e. The van der Waals surface area contributed by atoms with Crippen LogP contribution in [0.2, 0.25) is 0 Å². The van der Waals surface area contributed by atoms with Crippen LogP contribution in [-0.2, 0) is 17.1 Å². The molecule has 142 valence electrons. The molecule has 27 heavy (non-hydrogen) atoms. The third-order valence-corrected chi connectivity index (χ3v) is 9.62. The Kier molecular flexibility index (Phi) is 4.30. The Morgan fingerprint density at radius 1 is 1.19 bits per heavy atom. The number of benzene rings is 1. The summed E-state index contributed by atoms with van der Waals surface area (Å²) in [7, 11) is -1.44. The van der Waals surface area contributed by atoms with E-state index >= 15 is 0 Å². The first-order valence-corrected chi connectivity index (χ1v) is 12.2. The summed E-state index contributed by atoms with van der Waals surface area (Å²) in [4.78, 5) is 9.02. The van der Waals surface area contributed by atoms with Gasteiger partial charge in [0.15, 0.2) is 5.16 Å². The average molecular weight is 421 g/mol. The van der Waals surface area contributed by atoms with Gasteiger partial charge in [0, 0.05) is 37.8 Å². The third kappa shape index (κ3) is 3.10. The molecule has 0 bridgehead atoms. The van der Waals surface area contributed by atoms with Gasteiger partial charge in [0.05, 0.1) is 20.6 Å². The van der Waals surface area contributed by atoms with Gasteiger partial charge in [-0.2, -0.15) is 4.31 Å². The molecular weight excluding hydrogens is 400 g/mol. The van der Waals surface area contributed by atoms with Crippen molar-refractivity contribution in [3.8, 4) is 0 Å². The molecule has 3 atom stereocenters. The molecule has 2 aliphatic rings. The second-order valence-electron chi connectivity index (χ2n) is 7.36. The summed E-state index contributed by atoms with van der Waals surface area (Å²) in [6.45, 7) is 1.25. The van der Waals surface area contributed by atoms with E-state index in [9.17, 15) is 8.42 Å². The predicted octanol–water partition coefficient (Wildman–Crippen LogP) is 3.22. The van der Waals surface area contributed by atoms with Crippen molar-refractivity contribution in [2.24, 2.45) is 18.9 Å². The molecule has 0 unspecified atom stereocenters. The first-order chi connectivity index (χ1) is 13.0. The lowest BCUT2D eigenvalue weighted by molar-refractivity contribution is 0.447. The Bertz CT molecular complexity index is 1080. The minimum atomic E-state index is -3.45. The zero-order valence-corrected chi connectivity index (χ0v) is 17.3. The first kappa shape index (κ1) is 17.7. The van der Waals surface area contributed by atoms with Crippen LogP contribution in [0.1, 0.15) is 12.8 Å². The van der Waals surface area contributed by atoms with E-state index in [2.05, 4.69) is 9.97 Å². The first-order valence-electron chi connectivity index (χ1n) is 8.98. The number of imidazole rings is 1. The van der Waals surface area contributed by atoms with Crippen LogP contribution in [0.4, 0.5) is 0 Å². The highest BCUT2D eigenvalue weighted by Gasteiger charge is 2.45. The maximum Gasteiger partial charge on any atom is 0.243 e. The lowest BCUT2D eigenvalue weighted by Gasteiger charge is -2.19. The van der Waals surface area contributed by atoms with Gasteiger partial charge in [-0.3, -0.25) is 0 Å². The molecule has 0 radical (unpaired) electrons. The molecule has 0 spiro atoms. The van der Waals surface area contributed by atoms with Crippen molar-refractivity contribution in [1.82, 2.24) is 18.8 Å². The number of sulfonamides is 1. The van der Waals surface area contributed by atoms with Gasteiger partial charge in [-0.25, -0.2) is 18.4 Å². The summed E-state index contributed by atoms with van der Waals surface area (Å²) in [5.74, 6) is 0.890. The average Bonchev–Trinajstić information content (AvgIpc) is 3.39. The molecule has 0 amide bonds. The number of rotatable bonds is 4. The lowest BCUT2D eigenvalue weighted by atomic mass is 10.0. The third-order valence-electron chi connectivity index (χ3n) is 5.66. The zero-order chi connectivity index (χ0) is 18.6. The fraction of sp³-hybridized carbons (Fsp3) is 0.444. The number of hydrogen-bond donors (Lipinski definition) is 0. The van der Waals surface area contributed by atoms with Crippen LogP contribution in [0.5, 0.6) is 0 Å². The topological polar surface area (TPSA) is 68.1 Å². The van der Waals surface area contributed by atoms with Crippen LogP contribution < -0.4 is 0 Å². The Balaban J connectivity index is 1.29. The second-order valence-corrected chi connectivity index (χ2v) is 11.4. The van der Waals surface area contributed by atoms with Gasteiger partial charge in [-0.1, -0.05) is 11.8 Å². The maximum atomic E-state index is 13.1. The molecule has 1 aliphatic carbocycles. The van der Waals surface area contributed by atoms with E-state index in [4.69, 9.17) is 0 Å². The van der Waals surface area contributed by atoms with E-state index in [-0.39, 0.29) is 0 Å². The van der Waals surface area contributed by atoms with Crippen molar-refractivity contribution in [3.63, 3.8) is 0 Å². The molecule has 2 aromatic heterocycles. The van der Waals surface area contributed by atoms with E-state index in [0.29, 0.717) is 35.1 Å². The number of thiazole rings is 1. The molecule has 1 aliphatic heterocycles. The smallest absolute Gasteiger partial charge is 0.243 e. The van der Waals surface area contributed by atoms with Gasteiger partial charge in [0.1, 0.15) is 0 Å². The highest BCUT2D eigenvalue weighted by molar-refractivity contribution is 7.99. The van der Waals surface area contributed by atoms with Crippen LogP contribution in [0, 0.1) is 11.8 Å². The van der Waals surface area contributed by atoms with Crippen LogP contribution >= 0.6 is 23.1 Å². The second kappa shape index (κ2) is 6.58. The van der Waals surface area contributed by atoms with Crippen molar-refractivity contribution in [3.05, 3.63) is 36.1 Å².